The van der Waals surface area contributed by atoms with Crippen molar-refractivity contribution >= 4 is 9.84 Å². The predicted octanol–water partition coefficient (Wildman–Crippen LogP) is 0.631. The standard InChI is InChI=1S/C6H13NO2S/c1-3-6(7)5-10(8,9)4-2/h5H,3-4,7H2,1-2H3. The topological polar surface area (TPSA) is 60.2 Å². The van der Waals surface area contributed by atoms with Crippen LogP contribution < -0.4 is 5.73 Å². The van der Waals surface area contributed by atoms with Crippen LogP contribution in [0.5, 0.6) is 0 Å². The number of allylic oxidation sites excluding steroid dienone is 1. The van der Waals surface area contributed by atoms with Crippen LogP contribution >= 0.6 is 0 Å². The van der Waals surface area contributed by atoms with E-state index < -0.39 is 9.84 Å². The van der Waals surface area contributed by atoms with E-state index in [1.807, 2.05) is 6.92 Å². The Kier molecular flexibility index (Phi) is 3.42. The molecule has 0 aromatic carbocycles. The van der Waals surface area contributed by atoms with Crippen LogP contribution in [0.15, 0.2) is 11.1 Å². The highest BCUT2D eigenvalue weighted by Gasteiger charge is 2.01. The minimum atomic E-state index is -3.02. The van der Waals surface area contributed by atoms with E-state index in [2.05, 4.69) is 0 Å². The first-order chi connectivity index (χ1) is 4.52. The van der Waals surface area contributed by atoms with E-state index in [-0.39, 0.29) is 5.75 Å². The molecule has 3 nitrogen and oxygen atoms in total. The maximum absolute atomic E-state index is 10.8. The Morgan fingerprint density at radius 3 is 2.30 bits per heavy atom. The summed E-state index contributed by atoms with van der Waals surface area (Å²) in [5, 5.41) is 1.13. The van der Waals surface area contributed by atoms with Crippen LogP contribution in [0.2, 0.25) is 0 Å². The van der Waals surface area contributed by atoms with E-state index in [9.17, 15) is 8.42 Å². The van der Waals surface area contributed by atoms with Crippen molar-refractivity contribution in [2.75, 3.05) is 5.75 Å². The summed E-state index contributed by atoms with van der Waals surface area (Å²) in [7, 11) is -3.02. The van der Waals surface area contributed by atoms with Gasteiger partial charge >= 0.3 is 0 Å². The molecule has 0 saturated heterocycles. The van der Waals surface area contributed by atoms with Gasteiger partial charge in [0.15, 0.2) is 9.84 Å². The molecule has 2 N–H and O–H groups in total. The molecule has 0 radical (unpaired) electrons. The molecular formula is C6H13NO2S. The summed E-state index contributed by atoms with van der Waals surface area (Å²) in [6.07, 6.45) is 0.583. The fourth-order valence-corrected chi connectivity index (χ4v) is 1.19. The molecule has 0 aromatic heterocycles. The van der Waals surface area contributed by atoms with Gasteiger partial charge in [-0.05, 0) is 6.42 Å². The summed E-state index contributed by atoms with van der Waals surface area (Å²) in [4.78, 5) is 0. The summed E-state index contributed by atoms with van der Waals surface area (Å²) in [5.41, 5.74) is 5.73. The van der Waals surface area contributed by atoms with Gasteiger partial charge in [-0.3, -0.25) is 0 Å². The highest BCUT2D eigenvalue weighted by molar-refractivity contribution is 7.94. The molecule has 0 unspecified atom stereocenters. The Morgan fingerprint density at radius 2 is 2.00 bits per heavy atom. The van der Waals surface area contributed by atoms with E-state index in [0.29, 0.717) is 12.1 Å². The zero-order valence-corrected chi connectivity index (χ0v) is 7.11. The summed E-state index contributed by atoms with van der Waals surface area (Å²) >= 11 is 0. The number of rotatable bonds is 3. The maximum atomic E-state index is 10.8. The van der Waals surface area contributed by atoms with E-state index in [4.69, 9.17) is 5.73 Å². The molecule has 0 amide bonds. The molecule has 0 fully saturated rings. The van der Waals surface area contributed by atoms with E-state index in [1.165, 1.54) is 0 Å². The molecule has 4 heteroatoms. The predicted molar refractivity (Wildman–Crippen MR) is 42.0 cm³/mol. The minimum Gasteiger partial charge on any atom is -0.401 e. The van der Waals surface area contributed by atoms with Crippen molar-refractivity contribution in [3.63, 3.8) is 0 Å². The average Bonchev–Trinajstić information content (AvgIpc) is 1.87. The summed E-state index contributed by atoms with van der Waals surface area (Å²) in [6, 6.07) is 0. The van der Waals surface area contributed by atoms with Crippen LogP contribution in [-0.4, -0.2) is 14.2 Å². The van der Waals surface area contributed by atoms with Crippen molar-refractivity contribution in [3.05, 3.63) is 11.1 Å². The molecule has 0 aliphatic rings. The average molecular weight is 163 g/mol. The molecule has 10 heavy (non-hydrogen) atoms. The van der Waals surface area contributed by atoms with Gasteiger partial charge in [-0.1, -0.05) is 13.8 Å². The molecule has 60 valence electrons. The third-order valence-corrected chi connectivity index (χ3v) is 2.61. The Bertz CT molecular complexity index is 216. The molecule has 0 aliphatic heterocycles. The lowest BCUT2D eigenvalue weighted by atomic mass is 10.4. The van der Waals surface area contributed by atoms with Crippen LogP contribution in [0.3, 0.4) is 0 Å². The maximum Gasteiger partial charge on any atom is 0.173 e. The van der Waals surface area contributed by atoms with Gasteiger partial charge in [0.25, 0.3) is 0 Å². The van der Waals surface area contributed by atoms with E-state index >= 15 is 0 Å². The monoisotopic (exact) mass is 163 g/mol. The van der Waals surface area contributed by atoms with Crippen molar-refractivity contribution in [1.82, 2.24) is 0 Å². The van der Waals surface area contributed by atoms with Crippen molar-refractivity contribution < 1.29 is 8.42 Å². The summed E-state index contributed by atoms with van der Waals surface area (Å²) < 4.78 is 21.6. The minimum absolute atomic E-state index is 0.119. The van der Waals surface area contributed by atoms with E-state index in [1.54, 1.807) is 6.92 Å². The third-order valence-electron chi connectivity index (χ3n) is 1.14. The molecule has 0 heterocycles. The van der Waals surface area contributed by atoms with E-state index in [0.717, 1.165) is 5.41 Å². The quantitative estimate of drug-likeness (QED) is 0.664. The van der Waals surface area contributed by atoms with Gasteiger partial charge in [-0.15, -0.1) is 0 Å². The number of nitrogens with two attached hydrogens (primary N) is 1. The molecule has 0 rings (SSSR count). The first kappa shape index (κ1) is 9.49. The Morgan fingerprint density at radius 1 is 1.50 bits per heavy atom. The lowest BCUT2D eigenvalue weighted by Gasteiger charge is -1.94. The van der Waals surface area contributed by atoms with Crippen LogP contribution in [0.1, 0.15) is 20.3 Å². The zero-order valence-electron chi connectivity index (χ0n) is 6.29. The molecule has 0 aromatic rings. The highest BCUT2D eigenvalue weighted by atomic mass is 32.2. The number of hydrogen-bond acceptors (Lipinski definition) is 3. The second-order valence-electron chi connectivity index (χ2n) is 2.00. The van der Waals surface area contributed by atoms with Gasteiger partial charge in [0.05, 0.1) is 5.75 Å². The van der Waals surface area contributed by atoms with Crippen LogP contribution in [0, 0.1) is 0 Å². The van der Waals surface area contributed by atoms with Crippen molar-refractivity contribution in [1.29, 1.82) is 0 Å². The Balaban J connectivity index is 4.41. The second-order valence-corrected chi connectivity index (χ2v) is 4.14. The first-order valence-corrected chi connectivity index (χ1v) is 4.92. The normalized spacial score (nSPS) is 13.6. The van der Waals surface area contributed by atoms with Crippen LogP contribution in [-0.2, 0) is 9.84 Å². The van der Waals surface area contributed by atoms with Crippen LogP contribution in [0.4, 0.5) is 0 Å². The smallest absolute Gasteiger partial charge is 0.173 e. The number of sulfone groups is 1. The second kappa shape index (κ2) is 3.61. The van der Waals surface area contributed by atoms with Gasteiger partial charge in [-0.25, -0.2) is 8.42 Å². The van der Waals surface area contributed by atoms with Gasteiger partial charge in [0.2, 0.25) is 0 Å². The van der Waals surface area contributed by atoms with Gasteiger partial charge in [-0.2, -0.15) is 0 Å². The largest absolute Gasteiger partial charge is 0.401 e. The summed E-state index contributed by atoms with van der Waals surface area (Å²) in [5.74, 6) is 0.119. The molecule has 0 aliphatic carbocycles. The molecular weight excluding hydrogens is 150 g/mol. The van der Waals surface area contributed by atoms with Crippen molar-refractivity contribution in [3.8, 4) is 0 Å². The first-order valence-electron chi connectivity index (χ1n) is 3.20. The van der Waals surface area contributed by atoms with Gasteiger partial charge < -0.3 is 5.73 Å². The molecule has 0 spiro atoms. The molecule has 0 bridgehead atoms. The van der Waals surface area contributed by atoms with Crippen LogP contribution in [0.25, 0.3) is 0 Å². The van der Waals surface area contributed by atoms with Gasteiger partial charge in [0, 0.05) is 11.1 Å². The number of hydrogen-bond donors (Lipinski definition) is 1. The third kappa shape index (κ3) is 3.50. The molecule has 0 saturated carbocycles. The van der Waals surface area contributed by atoms with Crippen molar-refractivity contribution in [2.24, 2.45) is 5.73 Å². The molecule has 0 atom stereocenters. The summed E-state index contributed by atoms with van der Waals surface area (Å²) in [6.45, 7) is 3.41. The fourth-order valence-electron chi connectivity index (χ4n) is 0.397. The fraction of sp³-hybridized carbons (Fsp3) is 0.667. The highest BCUT2D eigenvalue weighted by Crippen LogP contribution is 1.97. The lowest BCUT2D eigenvalue weighted by molar-refractivity contribution is 0.605. The lowest BCUT2D eigenvalue weighted by Crippen LogP contribution is -2.03. The zero-order chi connectivity index (χ0) is 8.20. The van der Waals surface area contributed by atoms with Gasteiger partial charge in [0.1, 0.15) is 0 Å². The Hall–Kier alpha value is -0.510. The Labute approximate surface area is 61.8 Å². The SMILES string of the molecule is CCC(N)=CS(=O)(=O)CC. The van der Waals surface area contributed by atoms with Crippen molar-refractivity contribution in [2.45, 2.75) is 20.3 Å².